The fourth-order valence-corrected chi connectivity index (χ4v) is 0.620. The summed E-state index contributed by atoms with van der Waals surface area (Å²) in [5, 5.41) is 10.2. The van der Waals surface area contributed by atoms with Crippen LogP contribution in [0, 0.1) is 0 Å². The highest BCUT2D eigenvalue weighted by molar-refractivity contribution is 5.86. The molecule has 0 aliphatic rings. The van der Waals surface area contributed by atoms with Gasteiger partial charge in [0.05, 0.1) is 12.3 Å². The second-order valence-electron chi connectivity index (χ2n) is 1.93. The number of nitrogens with zero attached hydrogens (tertiary/aromatic N) is 7. The zero-order chi connectivity index (χ0) is 9.94. The van der Waals surface area contributed by atoms with Crippen LogP contribution in [-0.4, -0.2) is 25.9 Å². The van der Waals surface area contributed by atoms with Crippen LogP contribution in [-0.2, 0) is 4.84 Å². The van der Waals surface area contributed by atoms with Crippen LogP contribution in [0.25, 0.3) is 20.9 Å². The van der Waals surface area contributed by atoms with E-state index < -0.39 is 0 Å². The predicted molar refractivity (Wildman–Crippen MR) is 47.1 cm³/mol. The quantitative estimate of drug-likeness (QED) is 0.202. The Labute approximate surface area is 74.4 Å². The average Bonchev–Trinajstić information content (AvgIpc) is 2.14. The summed E-state index contributed by atoms with van der Waals surface area (Å²) in [5.41, 5.74) is 16.6. The number of hydrogen-bond acceptors (Lipinski definition) is 4. The Balaban J connectivity index is 4.01. The smallest absolute Gasteiger partial charge is 0.106 e. The first-order valence-corrected chi connectivity index (χ1v) is 3.45. The standard InChI is InChI=1S/C5H9N7O/c1-13-10-5(4-9-12-7)2-3-8-11-6/h2-4H2,1H3. The maximum absolute atomic E-state index is 8.04. The van der Waals surface area contributed by atoms with E-state index in [9.17, 15) is 0 Å². The van der Waals surface area contributed by atoms with Gasteiger partial charge in [-0.25, -0.2) is 0 Å². The van der Waals surface area contributed by atoms with Crippen LogP contribution in [0.15, 0.2) is 15.4 Å². The highest BCUT2D eigenvalue weighted by atomic mass is 16.6. The third-order valence-corrected chi connectivity index (χ3v) is 1.10. The Bertz CT molecular complexity index is 260. The van der Waals surface area contributed by atoms with Crippen LogP contribution in [0.2, 0.25) is 0 Å². The van der Waals surface area contributed by atoms with Crippen LogP contribution in [0.4, 0.5) is 0 Å². The normalized spacial score (nSPS) is 9.77. The van der Waals surface area contributed by atoms with E-state index in [0.717, 1.165) is 0 Å². The minimum atomic E-state index is 0.130. The highest BCUT2D eigenvalue weighted by Crippen LogP contribution is 1.91. The van der Waals surface area contributed by atoms with Crippen LogP contribution in [0.5, 0.6) is 0 Å². The first kappa shape index (κ1) is 11.1. The zero-order valence-electron chi connectivity index (χ0n) is 7.16. The Kier molecular flexibility index (Phi) is 6.99. The topological polar surface area (TPSA) is 119 Å². The first-order valence-electron chi connectivity index (χ1n) is 3.45. The SMILES string of the molecule is CON=C(CCN=[N+]=[N-])CN=[N+]=[N-]. The Hall–Kier alpha value is -1.91. The van der Waals surface area contributed by atoms with Crippen molar-refractivity contribution in [2.45, 2.75) is 6.42 Å². The molecule has 13 heavy (non-hydrogen) atoms. The molecule has 0 fully saturated rings. The summed E-state index contributed by atoms with van der Waals surface area (Å²) in [6, 6.07) is 0. The van der Waals surface area contributed by atoms with Gasteiger partial charge in [0, 0.05) is 16.4 Å². The van der Waals surface area contributed by atoms with Crippen molar-refractivity contribution in [3.8, 4) is 0 Å². The third kappa shape index (κ3) is 6.49. The Morgan fingerprint density at radius 3 is 2.54 bits per heavy atom. The molecule has 0 heterocycles. The molecule has 70 valence electrons. The molecule has 0 unspecified atom stereocenters. The summed E-state index contributed by atoms with van der Waals surface area (Å²) in [6.07, 6.45) is 0.428. The Morgan fingerprint density at radius 2 is 2.00 bits per heavy atom. The van der Waals surface area contributed by atoms with Gasteiger partial charge in [0.1, 0.15) is 7.11 Å². The zero-order valence-corrected chi connectivity index (χ0v) is 7.16. The molecule has 0 aromatic carbocycles. The molecule has 0 aliphatic carbocycles. The van der Waals surface area contributed by atoms with E-state index in [4.69, 9.17) is 11.1 Å². The molecule has 0 spiro atoms. The number of hydrogen-bond donors (Lipinski definition) is 0. The molecular formula is C5H9N7O. The molecule has 0 atom stereocenters. The lowest BCUT2D eigenvalue weighted by Gasteiger charge is -1.97. The maximum atomic E-state index is 8.04. The summed E-state index contributed by atoms with van der Waals surface area (Å²) < 4.78 is 0. The van der Waals surface area contributed by atoms with Gasteiger partial charge in [-0.3, -0.25) is 0 Å². The molecule has 0 rings (SSSR count). The largest absolute Gasteiger partial charge is 0.399 e. The second kappa shape index (κ2) is 8.19. The summed E-state index contributed by atoms with van der Waals surface area (Å²) in [7, 11) is 1.39. The van der Waals surface area contributed by atoms with Crippen LogP contribution in [0.3, 0.4) is 0 Å². The van der Waals surface area contributed by atoms with E-state index in [1.54, 1.807) is 0 Å². The lowest BCUT2D eigenvalue weighted by atomic mass is 10.3. The number of rotatable bonds is 6. The van der Waals surface area contributed by atoms with E-state index >= 15 is 0 Å². The molecule has 0 aromatic rings. The second-order valence-corrected chi connectivity index (χ2v) is 1.93. The van der Waals surface area contributed by atoms with E-state index in [-0.39, 0.29) is 13.1 Å². The fourth-order valence-electron chi connectivity index (χ4n) is 0.620. The molecule has 0 aromatic heterocycles. The molecule has 0 radical (unpaired) electrons. The van der Waals surface area contributed by atoms with E-state index in [0.29, 0.717) is 12.1 Å². The minimum Gasteiger partial charge on any atom is -0.399 e. The van der Waals surface area contributed by atoms with E-state index in [1.165, 1.54) is 7.11 Å². The van der Waals surface area contributed by atoms with Crippen molar-refractivity contribution < 1.29 is 4.84 Å². The van der Waals surface area contributed by atoms with Crippen LogP contribution in [0.1, 0.15) is 6.42 Å². The van der Waals surface area contributed by atoms with Gasteiger partial charge in [0.2, 0.25) is 0 Å². The molecule has 0 saturated carbocycles. The lowest BCUT2D eigenvalue weighted by molar-refractivity contribution is 0.212. The van der Waals surface area contributed by atoms with Crippen molar-refractivity contribution in [2.24, 2.45) is 15.4 Å². The molecule has 8 heteroatoms. The summed E-state index contributed by atoms with van der Waals surface area (Å²) in [4.78, 5) is 9.65. The van der Waals surface area contributed by atoms with Crippen molar-refractivity contribution >= 4 is 5.71 Å². The van der Waals surface area contributed by atoms with Crippen molar-refractivity contribution in [1.82, 2.24) is 0 Å². The molecule has 0 amide bonds. The van der Waals surface area contributed by atoms with Gasteiger partial charge in [-0.05, 0) is 17.5 Å². The van der Waals surface area contributed by atoms with Gasteiger partial charge in [-0.1, -0.05) is 15.4 Å². The lowest BCUT2D eigenvalue weighted by Crippen LogP contribution is -2.04. The third-order valence-electron chi connectivity index (χ3n) is 1.10. The molecule has 0 bridgehead atoms. The fraction of sp³-hybridized carbons (Fsp3) is 0.800. The molecular weight excluding hydrogens is 174 g/mol. The van der Waals surface area contributed by atoms with Gasteiger partial charge in [0.25, 0.3) is 0 Å². The van der Waals surface area contributed by atoms with Gasteiger partial charge in [-0.2, -0.15) is 0 Å². The van der Waals surface area contributed by atoms with E-state index in [2.05, 4.69) is 30.0 Å². The van der Waals surface area contributed by atoms with Crippen molar-refractivity contribution in [2.75, 3.05) is 20.2 Å². The van der Waals surface area contributed by atoms with Gasteiger partial charge in [0.15, 0.2) is 0 Å². The average molecular weight is 183 g/mol. The minimum absolute atomic E-state index is 0.130. The summed E-state index contributed by atoms with van der Waals surface area (Å²) in [5.74, 6) is 0. The van der Waals surface area contributed by atoms with Gasteiger partial charge >= 0.3 is 0 Å². The molecule has 8 nitrogen and oxygen atoms in total. The highest BCUT2D eigenvalue weighted by Gasteiger charge is 1.97. The Morgan fingerprint density at radius 1 is 1.31 bits per heavy atom. The van der Waals surface area contributed by atoms with E-state index in [1.807, 2.05) is 0 Å². The first-order chi connectivity index (χ1) is 6.35. The van der Waals surface area contributed by atoms with Crippen molar-refractivity contribution in [3.05, 3.63) is 20.9 Å². The monoisotopic (exact) mass is 183 g/mol. The molecule has 0 N–H and O–H groups in total. The predicted octanol–water partition coefficient (Wildman–Crippen LogP) is 2.00. The van der Waals surface area contributed by atoms with Gasteiger partial charge < -0.3 is 4.84 Å². The number of azide groups is 2. The maximum Gasteiger partial charge on any atom is 0.106 e. The number of oxime groups is 1. The van der Waals surface area contributed by atoms with Crippen LogP contribution >= 0.6 is 0 Å². The molecule has 0 aliphatic heterocycles. The van der Waals surface area contributed by atoms with Crippen molar-refractivity contribution in [3.63, 3.8) is 0 Å². The molecule has 0 saturated heterocycles. The summed E-state index contributed by atoms with van der Waals surface area (Å²) in [6.45, 7) is 0.408. The van der Waals surface area contributed by atoms with Crippen LogP contribution < -0.4 is 0 Å². The summed E-state index contributed by atoms with van der Waals surface area (Å²) >= 11 is 0. The van der Waals surface area contributed by atoms with Gasteiger partial charge in [-0.15, -0.1) is 0 Å². The van der Waals surface area contributed by atoms with Crippen molar-refractivity contribution in [1.29, 1.82) is 0 Å².